The van der Waals surface area contributed by atoms with E-state index in [0.717, 1.165) is 34.6 Å². The van der Waals surface area contributed by atoms with E-state index in [1.54, 1.807) is 7.11 Å². The van der Waals surface area contributed by atoms with Crippen LogP contribution in [-0.2, 0) is 24.2 Å². The minimum atomic E-state index is 0.0660. The molecule has 5 nitrogen and oxygen atoms in total. The van der Waals surface area contributed by atoms with Crippen molar-refractivity contribution in [1.29, 1.82) is 0 Å². The molecule has 31 heavy (non-hydrogen) atoms. The molecule has 4 aromatic rings. The molecule has 1 aromatic heterocycles. The third-order valence-corrected chi connectivity index (χ3v) is 5.41. The summed E-state index contributed by atoms with van der Waals surface area (Å²) in [6.07, 6.45) is 1.90. The van der Waals surface area contributed by atoms with Crippen molar-refractivity contribution in [3.8, 4) is 5.75 Å². The van der Waals surface area contributed by atoms with Crippen molar-refractivity contribution >= 4 is 16.9 Å². The lowest BCUT2D eigenvalue weighted by Crippen LogP contribution is -2.26. The SMILES string of the molecule is COc1ccccc1Cn1c(CCNC(=O)CCc2ccccc2)nc2ccccc21. The number of fused-ring (bicyclic) bond motifs is 1. The quantitative estimate of drug-likeness (QED) is 0.443. The molecule has 0 radical (unpaired) electrons. The first-order valence-corrected chi connectivity index (χ1v) is 10.6. The first-order chi connectivity index (χ1) is 15.2. The average molecular weight is 414 g/mol. The number of nitrogens with one attached hydrogen (secondary N) is 1. The molecule has 4 rings (SSSR count). The summed E-state index contributed by atoms with van der Waals surface area (Å²) in [7, 11) is 1.69. The molecule has 0 spiro atoms. The predicted octanol–water partition coefficient (Wildman–Crippen LogP) is 4.38. The van der Waals surface area contributed by atoms with E-state index >= 15 is 0 Å². The highest BCUT2D eigenvalue weighted by Crippen LogP contribution is 2.23. The van der Waals surface area contributed by atoms with Gasteiger partial charge in [0.05, 0.1) is 24.7 Å². The van der Waals surface area contributed by atoms with Crippen LogP contribution in [0.3, 0.4) is 0 Å². The summed E-state index contributed by atoms with van der Waals surface area (Å²) in [4.78, 5) is 17.1. The Balaban J connectivity index is 1.43. The van der Waals surface area contributed by atoms with Gasteiger partial charge in [0.1, 0.15) is 11.6 Å². The average Bonchev–Trinajstić information content (AvgIpc) is 3.16. The van der Waals surface area contributed by atoms with Crippen LogP contribution in [0.5, 0.6) is 5.75 Å². The van der Waals surface area contributed by atoms with Gasteiger partial charge in [0.15, 0.2) is 0 Å². The fourth-order valence-corrected chi connectivity index (χ4v) is 3.80. The van der Waals surface area contributed by atoms with Crippen molar-refractivity contribution in [1.82, 2.24) is 14.9 Å². The monoisotopic (exact) mass is 413 g/mol. The maximum atomic E-state index is 12.3. The van der Waals surface area contributed by atoms with Crippen molar-refractivity contribution < 1.29 is 9.53 Å². The smallest absolute Gasteiger partial charge is 0.220 e. The third-order valence-electron chi connectivity index (χ3n) is 5.41. The molecule has 1 N–H and O–H groups in total. The molecule has 0 aliphatic carbocycles. The zero-order valence-electron chi connectivity index (χ0n) is 17.8. The van der Waals surface area contributed by atoms with Gasteiger partial charge in [-0.1, -0.05) is 60.7 Å². The fourth-order valence-electron chi connectivity index (χ4n) is 3.80. The van der Waals surface area contributed by atoms with Gasteiger partial charge in [-0.05, 0) is 30.2 Å². The molecule has 0 saturated carbocycles. The van der Waals surface area contributed by atoms with Crippen molar-refractivity contribution in [2.24, 2.45) is 0 Å². The Labute approximate surface area is 182 Å². The summed E-state index contributed by atoms with van der Waals surface area (Å²) >= 11 is 0. The number of nitrogens with zero attached hydrogens (tertiary/aromatic N) is 2. The van der Waals surface area contributed by atoms with Crippen molar-refractivity contribution in [2.75, 3.05) is 13.7 Å². The molecule has 0 aliphatic rings. The zero-order chi connectivity index (χ0) is 21.5. The number of para-hydroxylation sites is 3. The van der Waals surface area contributed by atoms with E-state index in [0.29, 0.717) is 25.9 Å². The number of carbonyl (C=O) groups is 1. The molecular formula is C26H27N3O2. The topological polar surface area (TPSA) is 56.1 Å². The maximum Gasteiger partial charge on any atom is 0.220 e. The van der Waals surface area contributed by atoms with E-state index in [9.17, 15) is 4.79 Å². The summed E-state index contributed by atoms with van der Waals surface area (Å²) < 4.78 is 7.74. The molecule has 1 amide bonds. The number of methoxy groups -OCH3 is 1. The van der Waals surface area contributed by atoms with Crippen LogP contribution in [0.1, 0.15) is 23.4 Å². The molecule has 0 saturated heterocycles. The predicted molar refractivity (Wildman–Crippen MR) is 123 cm³/mol. The van der Waals surface area contributed by atoms with Gasteiger partial charge >= 0.3 is 0 Å². The zero-order valence-corrected chi connectivity index (χ0v) is 17.8. The van der Waals surface area contributed by atoms with Gasteiger partial charge < -0.3 is 14.6 Å². The molecular weight excluding hydrogens is 386 g/mol. The van der Waals surface area contributed by atoms with Gasteiger partial charge in [-0.2, -0.15) is 0 Å². The van der Waals surface area contributed by atoms with E-state index in [-0.39, 0.29) is 5.91 Å². The van der Waals surface area contributed by atoms with Crippen LogP contribution in [0.2, 0.25) is 0 Å². The number of aryl methyl sites for hydroxylation is 1. The van der Waals surface area contributed by atoms with Crippen LogP contribution in [0.25, 0.3) is 11.0 Å². The van der Waals surface area contributed by atoms with Crippen molar-refractivity contribution in [2.45, 2.75) is 25.8 Å². The Morgan fingerprint density at radius 1 is 0.935 bits per heavy atom. The molecule has 0 aliphatic heterocycles. The second kappa shape index (κ2) is 9.94. The van der Waals surface area contributed by atoms with E-state index in [1.807, 2.05) is 66.7 Å². The maximum absolute atomic E-state index is 12.3. The third kappa shape index (κ3) is 5.12. The second-order valence-electron chi connectivity index (χ2n) is 7.50. The van der Waals surface area contributed by atoms with Crippen LogP contribution in [0, 0.1) is 0 Å². The largest absolute Gasteiger partial charge is 0.496 e. The number of hydrogen-bond donors (Lipinski definition) is 1. The van der Waals surface area contributed by atoms with Gasteiger partial charge in [0, 0.05) is 24.9 Å². The Bertz CT molecular complexity index is 1150. The van der Waals surface area contributed by atoms with E-state index < -0.39 is 0 Å². The number of amides is 1. The first kappa shape index (κ1) is 20.7. The van der Waals surface area contributed by atoms with Crippen LogP contribution in [0.4, 0.5) is 0 Å². The molecule has 0 fully saturated rings. The van der Waals surface area contributed by atoms with Crippen molar-refractivity contribution in [3.05, 3.63) is 95.8 Å². The summed E-state index contributed by atoms with van der Waals surface area (Å²) in [5.41, 5.74) is 4.32. The fraction of sp³-hybridized carbons (Fsp3) is 0.231. The van der Waals surface area contributed by atoms with Gasteiger partial charge in [-0.25, -0.2) is 4.98 Å². The summed E-state index contributed by atoms with van der Waals surface area (Å²) in [5, 5.41) is 3.04. The lowest BCUT2D eigenvalue weighted by atomic mass is 10.1. The number of ether oxygens (including phenoxy) is 1. The highest BCUT2D eigenvalue weighted by Gasteiger charge is 2.13. The number of benzene rings is 3. The molecule has 1 heterocycles. The van der Waals surface area contributed by atoms with Crippen molar-refractivity contribution in [3.63, 3.8) is 0 Å². The summed E-state index contributed by atoms with van der Waals surface area (Å²) in [5.74, 6) is 1.88. The number of hydrogen-bond acceptors (Lipinski definition) is 3. The first-order valence-electron chi connectivity index (χ1n) is 10.6. The molecule has 0 bridgehead atoms. The highest BCUT2D eigenvalue weighted by molar-refractivity contribution is 5.77. The van der Waals surface area contributed by atoms with Gasteiger partial charge in [-0.3, -0.25) is 4.79 Å². The Morgan fingerprint density at radius 3 is 2.52 bits per heavy atom. The summed E-state index contributed by atoms with van der Waals surface area (Å²) in [6, 6.07) is 26.2. The highest BCUT2D eigenvalue weighted by atomic mass is 16.5. The summed E-state index contributed by atoms with van der Waals surface area (Å²) in [6.45, 7) is 1.23. The second-order valence-corrected chi connectivity index (χ2v) is 7.50. The minimum Gasteiger partial charge on any atom is -0.496 e. The van der Waals surface area contributed by atoms with Crippen LogP contribution in [0.15, 0.2) is 78.9 Å². The Morgan fingerprint density at radius 2 is 1.68 bits per heavy atom. The van der Waals surface area contributed by atoms with Crippen LogP contribution < -0.4 is 10.1 Å². The number of rotatable bonds is 9. The number of imidazole rings is 1. The molecule has 0 atom stereocenters. The lowest BCUT2D eigenvalue weighted by Gasteiger charge is -2.13. The van der Waals surface area contributed by atoms with Gasteiger partial charge in [-0.15, -0.1) is 0 Å². The number of carbonyl (C=O) groups excluding carboxylic acids is 1. The molecule has 158 valence electrons. The van der Waals surface area contributed by atoms with Crippen LogP contribution >= 0.6 is 0 Å². The molecule has 5 heteroatoms. The lowest BCUT2D eigenvalue weighted by molar-refractivity contribution is -0.121. The minimum absolute atomic E-state index is 0.0660. The van der Waals surface area contributed by atoms with E-state index in [2.05, 4.69) is 22.0 Å². The molecule has 0 unspecified atom stereocenters. The standard InChI is InChI=1S/C26H27N3O2/c1-31-24-14-8-5-11-21(24)19-29-23-13-7-6-12-22(23)28-25(29)17-18-27-26(30)16-15-20-9-3-2-4-10-20/h2-14H,15-19H2,1H3,(H,27,30). The van der Waals surface area contributed by atoms with Crippen LogP contribution in [-0.4, -0.2) is 29.1 Å². The van der Waals surface area contributed by atoms with E-state index in [4.69, 9.17) is 9.72 Å². The Kier molecular flexibility index (Phi) is 6.62. The van der Waals surface area contributed by atoms with Gasteiger partial charge in [0.2, 0.25) is 5.91 Å². The van der Waals surface area contributed by atoms with E-state index in [1.165, 1.54) is 5.56 Å². The molecule has 3 aromatic carbocycles. The number of aromatic nitrogens is 2. The Hall–Kier alpha value is -3.60. The van der Waals surface area contributed by atoms with Gasteiger partial charge in [0.25, 0.3) is 0 Å². The normalized spacial score (nSPS) is 10.9.